The molecule has 2 aromatic heterocycles. The molecule has 0 radical (unpaired) electrons. The summed E-state index contributed by atoms with van der Waals surface area (Å²) in [6.07, 6.45) is 3.47. The van der Waals surface area contributed by atoms with Crippen molar-refractivity contribution in [2.45, 2.75) is 39.8 Å². The Morgan fingerprint density at radius 2 is 1.86 bits per heavy atom. The Labute approximate surface area is 165 Å². The SMILES string of the molecule is Cc1cc(NCc2ccc(C(=O)OC(C)(C)C)cc2)nc(-c2cccnc2)n1. The highest BCUT2D eigenvalue weighted by molar-refractivity contribution is 5.89. The first-order valence-electron chi connectivity index (χ1n) is 9.12. The smallest absolute Gasteiger partial charge is 0.338 e. The molecule has 3 aromatic rings. The van der Waals surface area contributed by atoms with Crippen LogP contribution in [0.5, 0.6) is 0 Å². The third-order valence-electron chi connectivity index (χ3n) is 3.84. The number of ether oxygens (including phenoxy) is 1. The van der Waals surface area contributed by atoms with Crippen LogP contribution in [0.3, 0.4) is 0 Å². The van der Waals surface area contributed by atoms with Gasteiger partial charge in [-0.1, -0.05) is 12.1 Å². The summed E-state index contributed by atoms with van der Waals surface area (Å²) >= 11 is 0. The highest BCUT2D eigenvalue weighted by Gasteiger charge is 2.17. The molecule has 0 fully saturated rings. The van der Waals surface area contributed by atoms with Crippen molar-refractivity contribution < 1.29 is 9.53 Å². The monoisotopic (exact) mass is 376 g/mol. The van der Waals surface area contributed by atoms with Gasteiger partial charge in [-0.25, -0.2) is 14.8 Å². The van der Waals surface area contributed by atoms with Crippen molar-refractivity contribution in [1.29, 1.82) is 0 Å². The van der Waals surface area contributed by atoms with Crippen molar-refractivity contribution in [2.75, 3.05) is 5.32 Å². The molecule has 1 aromatic carbocycles. The maximum absolute atomic E-state index is 12.1. The first kappa shape index (κ1) is 19.5. The third kappa shape index (κ3) is 5.36. The largest absolute Gasteiger partial charge is 0.456 e. The molecule has 0 bridgehead atoms. The zero-order valence-electron chi connectivity index (χ0n) is 16.6. The molecule has 0 aliphatic carbocycles. The van der Waals surface area contributed by atoms with E-state index >= 15 is 0 Å². The predicted molar refractivity (Wildman–Crippen MR) is 109 cm³/mol. The van der Waals surface area contributed by atoms with Crippen LogP contribution >= 0.6 is 0 Å². The Morgan fingerprint density at radius 1 is 1.11 bits per heavy atom. The number of rotatable bonds is 5. The number of aryl methyl sites for hydroxylation is 1. The molecule has 3 rings (SSSR count). The van der Waals surface area contributed by atoms with E-state index in [0.717, 1.165) is 22.6 Å². The Kier molecular flexibility index (Phi) is 5.68. The predicted octanol–water partition coefficient (Wildman–Crippen LogP) is 4.41. The topological polar surface area (TPSA) is 77.0 Å². The molecule has 144 valence electrons. The number of pyridine rings is 1. The Balaban J connectivity index is 1.67. The van der Waals surface area contributed by atoms with Gasteiger partial charge in [0.25, 0.3) is 0 Å². The number of carbonyl (C=O) groups is 1. The molecule has 0 atom stereocenters. The molecule has 6 nitrogen and oxygen atoms in total. The van der Waals surface area contributed by atoms with Gasteiger partial charge in [0.2, 0.25) is 0 Å². The minimum atomic E-state index is -0.506. The normalized spacial score (nSPS) is 11.1. The van der Waals surface area contributed by atoms with Crippen molar-refractivity contribution in [1.82, 2.24) is 15.0 Å². The molecule has 0 aliphatic rings. The standard InChI is InChI=1S/C22H24N4O2/c1-15-12-19(26-20(25-15)18-6-5-11-23-14-18)24-13-16-7-9-17(10-8-16)21(27)28-22(2,3)4/h5-12,14H,13H2,1-4H3,(H,24,25,26). The average Bonchev–Trinajstić information content (AvgIpc) is 2.66. The average molecular weight is 376 g/mol. The Bertz CT molecular complexity index is 949. The number of nitrogens with zero attached hydrogens (tertiary/aromatic N) is 3. The van der Waals surface area contributed by atoms with Crippen LogP contribution in [-0.2, 0) is 11.3 Å². The minimum Gasteiger partial charge on any atom is -0.456 e. The Hall–Kier alpha value is -3.28. The lowest BCUT2D eigenvalue weighted by atomic mass is 10.1. The van der Waals surface area contributed by atoms with E-state index in [0.29, 0.717) is 17.9 Å². The van der Waals surface area contributed by atoms with Gasteiger partial charge in [0.1, 0.15) is 11.4 Å². The number of aromatic nitrogens is 3. The van der Waals surface area contributed by atoms with Gasteiger partial charge in [0.15, 0.2) is 5.82 Å². The number of hydrogen-bond donors (Lipinski definition) is 1. The van der Waals surface area contributed by atoms with E-state index in [1.807, 2.05) is 58.0 Å². The lowest BCUT2D eigenvalue weighted by Gasteiger charge is -2.19. The first-order chi connectivity index (χ1) is 13.3. The molecule has 1 N–H and O–H groups in total. The quantitative estimate of drug-likeness (QED) is 0.665. The lowest BCUT2D eigenvalue weighted by molar-refractivity contribution is 0.00695. The molecule has 2 heterocycles. The number of carbonyl (C=O) groups excluding carboxylic acids is 1. The molecule has 0 aliphatic heterocycles. The summed E-state index contributed by atoms with van der Waals surface area (Å²) in [5, 5.41) is 3.31. The summed E-state index contributed by atoms with van der Waals surface area (Å²) in [5.41, 5.74) is 2.81. The Morgan fingerprint density at radius 3 is 2.50 bits per heavy atom. The van der Waals surface area contributed by atoms with Crippen LogP contribution in [-0.4, -0.2) is 26.5 Å². The second kappa shape index (κ2) is 8.17. The summed E-state index contributed by atoms with van der Waals surface area (Å²) in [4.78, 5) is 25.3. The van der Waals surface area contributed by atoms with Crippen LogP contribution in [0.1, 0.15) is 42.4 Å². The second-order valence-corrected chi connectivity index (χ2v) is 7.51. The van der Waals surface area contributed by atoms with Crippen LogP contribution in [0.15, 0.2) is 54.9 Å². The zero-order chi connectivity index (χ0) is 20.1. The molecule has 0 saturated carbocycles. The van der Waals surface area contributed by atoms with Gasteiger partial charge in [0.05, 0.1) is 5.56 Å². The van der Waals surface area contributed by atoms with Crippen molar-refractivity contribution in [3.8, 4) is 11.4 Å². The summed E-state index contributed by atoms with van der Waals surface area (Å²) in [6.45, 7) is 8.08. The molecule has 0 spiro atoms. The first-order valence-corrected chi connectivity index (χ1v) is 9.12. The van der Waals surface area contributed by atoms with E-state index in [2.05, 4.69) is 20.3 Å². The van der Waals surface area contributed by atoms with Gasteiger partial charge < -0.3 is 10.1 Å². The molecule has 0 saturated heterocycles. The van der Waals surface area contributed by atoms with Crippen LogP contribution in [0.25, 0.3) is 11.4 Å². The van der Waals surface area contributed by atoms with Crippen LogP contribution in [0.2, 0.25) is 0 Å². The molecular weight excluding hydrogens is 352 g/mol. The number of anilines is 1. The van der Waals surface area contributed by atoms with E-state index in [9.17, 15) is 4.79 Å². The van der Waals surface area contributed by atoms with Crippen molar-refractivity contribution in [3.63, 3.8) is 0 Å². The van der Waals surface area contributed by atoms with Gasteiger partial charge >= 0.3 is 5.97 Å². The molecule has 6 heteroatoms. The van der Waals surface area contributed by atoms with Crippen molar-refractivity contribution >= 4 is 11.8 Å². The molecule has 0 unspecified atom stereocenters. The number of esters is 1. The molecule has 28 heavy (non-hydrogen) atoms. The van der Waals surface area contributed by atoms with Crippen LogP contribution < -0.4 is 5.32 Å². The highest BCUT2D eigenvalue weighted by atomic mass is 16.6. The summed E-state index contributed by atoms with van der Waals surface area (Å²) < 4.78 is 5.38. The lowest BCUT2D eigenvalue weighted by Crippen LogP contribution is -2.23. The minimum absolute atomic E-state index is 0.320. The van der Waals surface area contributed by atoms with Crippen molar-refractivity contribution in [3.05, 3.63) is 71.7 Å². The van der Waals surface area contributed by atoms with E-state index in [1.165, 1.54) is 0 Å². The van der Waals surface area contributed by atoms with Gasteiger partial charge in [-0.15, -0.1) is 0 Å². The fraction of sp³-hybridized carbons (Fsp3) is 0.273. The third-order valence-corrected chi connectivity index (χ3v) is 3.84. The zero-order valence-corrected chi connectivity index (χ0v) is 16.6. The summed E-state index contributed by atoms with van der Waals surface area (Å²) in [5.74, 6) is 1.05. The van der Waals surface area contributed by atoms with E-state index in [4.69, 9.17) is 4.74 Å². The number of benzene rings is 1. The highest BCUT2D eigenvalue weighted by Crippen LogP contribution is 2.18. The van der Waals surface area contributed by atoms with Crippen molar-refractivity contribution in [2.24, 2.45) is 0 Å². The molecule has 0 amide bonds. The van der Waals surface area contributed by atoms with Crippen LogP contribution in [0.4, 0.5) is 5.82 Å². The number of hydrogen-bond acceptors (Lipinski definition) is 6. The maximum atomic E-state index is 12.1. The van der Waals surface area contributed by atoms with Crippen LogP contribution in [0, 0.1) is 6.92 Å². The maximum Gasteiger partial charge on any atom is 0.338 e. The summed E-state index contributed by atoms with van der Waals surface area (Å²) in [7, 11) is 0. The fourth-order valence-electron chi connectivity index (χ4n) is 2.57. The second-order valence-electron chi connectivity index (χ2n) is 7.51. The molecular formula is C22H24N4O2. The van der Waals surface area contributed by atoms with E-state index in [-0.39, 0.29) is 5.97 Å². The van der Waals surface area contributed by atoms with Gasteiger partial charge in [-0.2, -0.15) is 0 Å². The number of nitrogens with one attached hydrogen (secondary N) is 1. The van der Waals surface area contributed by atoms with E-state index in [1.54, 1.807) is 24.5 Å². The van der Waals surface area contributed by atoms with Gasteiger partial charge in [0, 0.05) is 36.3 Å². The van der Waals surface area contributed by atoms with Gasteiger partial charge in [-0.3, -0.25) is 4.98 Å². The fourth-order valence-corrected chi connectivity index (χ4v) is 2.57. The van der Waals surface area contributed by atoms with Gasteiger partial charge in [-0.05, 0) is 57.5 Å². The summed E-state index contributed by atoms with van der Waals surface area (Å²) in [6, 6.07) is 13.1. The van der Waals surface area contributed by atoms with E-state index < -0.39 is 5.60 Å².